The SMILES string of the molecule is Cc1ccn(CCC(C)C)c(=O)c1C(=O)NCCC1COCCN1.Cl. The molecular weight excluding hydrogens is 342 g/mol. The van der Waals surface area contributed by atoms with Crippen LogP contribution in [0.25, 0.3) is 0 Å². The smallest absolute Gasteiger partial charge is 0.263 e. The van der Waals surface area contributed by atoms with E-state index in [4.69, 9.17) is 4.74 Å². The number of nitrogens with zero attached hydrogens (tertiary/aromatic N) is 1. The molecule has 0 aliphatic carbocycles. The molecule has 1 aliphatic heterocycles. The number of rotatable bonds is 7. The number of halogens is 1. The van der Waals surface area contributed by atoms with Crippen LogP contribution in [-0.4, -0.2) is 42.8 Å². The number of pyridine rings is 1. The van der Waals surface area contributed by atoms with Crippen molar-refractivity contribution in [2.24, 2.45) is 5.92 Å². The summed E-state index contributed by atoms with van der Waals surface area (Å²) in [6, 6.07) is 2.10. The molecule has 0 saturated carbocycles. The van der Waals surface area contributed by atoms with Crippen molar-refractivity contribution in [3.8, 4) is 0 Å². The van der Waals surface area contributed by atoms with Crippen molar-refractivity contribution >= 4 is 18.3 Å². The monoisotopic (exact) mass is 371 g/mol. The van der Waals surface area contributed by atoms with Gasteiger partial charge in [0.1, 0.15) is 5.56 Å². The van der Waals surface area contributed by atoms with Crippen LogP contribution in [0.2, 0.25) is 0 Å². The molecule has 7 heteroatoms. The zero-order valence-electron chi connectivity index (χ0n) is 15.3. The van der Waals surface area contributed by atoms with Crippen molar-refractivity contribution in [3.05, 3.63) is 33.7 Å². The van der Waals surface area contributed by atoms with Crippen molar-refractivity contribution < 1.29 is 9.53 Å². The summed E-state index contributed by atoms with van der Waals surface area (Å²) < 4.78 is 7.03. The molecule has 6 nitrogen and oxygen atoms in total. The van der Waals surface area contributed by atoms with E-state index in [9.17, 15) is 9.59 Å². The van der Waals surface area contributed by atoms with Crippen LogP contribution in [0.5, 0.6) is 0 Å². The van der Waals surface area contributed by atoms with Crippen molar-refractivity contribution in [3.63, 3.8) is 0 Å². The summed E-state index contributed by atoms with van der Waals surface area (Å²) in [5, 5.41) is 6.22. The van der Waals surface area contributed by atoms with Gasteiger partial charge in [0.25, 0.3) is 11.5 Å². The highest BCUT2D eigenvalue weighted by Crippen LogP contribution is 2.06. The number of aryl methyl sites for hydroxylation is 2. The Hall–Kier alpha value is -1.37. The molecule has 1 unspecified atom stereocenters. The molecule has 1 amide bonds. The van der Waals surface area contributed by atoms with E-state index in [1.807, 2.05) is 6.07 Å². The predicted molar refractivity (Wildman–Crippen MR) is 102 cm³/mol. The van der Waals surface area contributed by atoms with E-state index in [0.29, 0.717) is 25.6 Å². The Morgan fingerprint density at radius 2 is 2.24 bits per heavy atom. The van der Waals surface area contributed by atoms with E-state index >= 15 is 0 Å². The lowest BCUT2D eigenvalue weighted by molar-refractivity contribution is 0.0732. The fraction of sp³-hybridized carbons (Fsp3) is 0.667. The lowest BCUT2D eigenvalue weighted by Gasteiger charge is -2.23. The molecule has 1 aliphatic rings. The summed E-state index contributed by atoms with van der Waals surface area (Å²) in [7, 11) is 0. The molecule has 0 bridgehead atoms. The molecule has 1 aromatic rings. The molecule has 1 saturated heterocycles. The van der Waals surface area contributed by atoms with E-state index < -0.39 is 0 Å². The average molecular weight is 372 g/mol. The number of carbonyl (C=O) groups excluding carboxylic acids is 1. The van der Waals surface area contributed by atoms with Gasteiger partial charge in [0, 0.05) is 31.9 Å². The molecule has 2 heterocycles. The number of ether oxygens (including phenoxy) is 1. The fourth-order valence-electron chi connectivity index (χ4n) is 2.77. The molecule has 2 N–H and O–H groups in total. The molecule has 1 fully saturated rings. The first-order valence-corrected chi connectivity index (χ1v) is 8.78. The summed E-state index contributed by atoms with van der Waals surface area (Å²) in [6.45, 7) is 9.46. The third kappa shape index (κ3) is 6.45. The van der Waals surface area contributed by atoms with Crippen molar-refractivity contribution in [2.45, 2.75) is 46.2 Å². The molecule has 2 rings (SSSR count). The Bertz CT molecular complexity index is 610. The number of amides is 1. The van der Waals surface area contributed by atoms with Gasteiger partial charge in [-0.25, -0.2) is 0 Å². The van der Waals surface area contributed by atoms with Gasteiger partial charge >= 0.3 is 0 Å². The quantitative estimate of drug-likeness (QED) is 0.765. The Labute approximate surface area is 155 Å². The first-order chi connectivity index (χ1) is 11.5. The third-order valence-corrected chi connectivity index (χ3v) is 4.32. The van der Waals surface area contributed by atoms with E-state index in [1.165, 1.54) is 0 Å². The highest BCUT2D eigenvalue weighted by atomic mass is 35.5. The maximum atomic E-state index is 12.6. The topological polar surface area (TPSA) is 72.4 Å². The molecule has 0 aromatic carbocycles. The van der Waals surface area contributed by atoms with Crippen molar-refractivity contribution in [1.82, 2.24) is 15.2 Å². The van der Waals surface area contributed by atoms with Crippen LogP contribution in [-0.2, 0) is 11.3 Å². The molecule has 0 radical (unpaired) electrons. The standard InChI is InChI=1S/C18H29N3O3.ClH/c1-13(2)5-9-21-10-6-14(3)16(18(21)23)17(22)20-7-4-15-12-24-11-8-19-15;/h6,10,13,15,19H,4-5,7-9,11-12H2,1-3H3,(H,20,22);1H. The predicted octanol–water partition coefficient (Wildman–Crippen LogP) is 1.73. The maximum Gasteiger partial charge on any atom is 0.263 e. The highest BCUT2D eigenvalue weighted by molar-refractivity contribution is 5.95. The minimum atomic E-state index is -0.284. The van der Waals surface area contributed by atoms with Crippen LogP contribution in [0, 0.1) is 12.8 Å². The lowest BCUT2D eigenvalue weighted by Crippen LogP contribution is -2.43. The molecule has 0 spiro atoms. The molecule has 142 valence electrons. The number of nitrogens with one attached hydrogen (secondary N) is 2. The van der Waals surface area contributed by atoms with Gasteiger partial charge < -0.3 is 19.9 Å². The van der Waals surface area contributed by atoms with Gasteiger partial charge in [-0.1, -0.05) is 13.8 Å². The van der Waals surface area contributed by atoms with Gasteiger partial charge in [0.2, 0.25) is 0 Å². The van der Waals surface area contributed by atoms with E-state index in [1.54, 1.807) is 17.7 Å². The average Bonchev–Trinajstić information content (AvgIpc) is 2.55. The largest absolute Gasteiger partial charge is 0.379 e. The van der Waals surface area contributed by atoms with Crippen LogP contribution in [0.1, 0.15) is 42.6 Å². The van der Waals surface area contributed by atoms with Gasteiger partial charge in [0.15, 0.2) is 0 Å². The Morgan fingerprint density at radius 1 is 1.48 bits per heavy atom. The summed E-state index contributed by atoms with van der Waals surface area (Å²) in [5.74, 6) is 0.230. The van der Waals surface area contributed by atoms with E-state index in [2.05, 4.69) is 24.5 Å². The summed E-state index contributed by atoms with van der Waals surface area (Å²) in [4.78, 5) is 25.0. The normalized spacial score (nSPS) is 17.2. The number of hydrogen-bond acceptors (Lipinski definition) is 4. The first kappa shape index (κ1) is 21.7. The summed E-state index contributed by atoms with van der Waals surface area (Å²) in [5.41, 5.74) is 0.777. The fourth-order valence-corrected chi connectivity index (χ4v) is 2.77. The van der Waals surface area contributed by atoms with Gasteiger partial charge in [-0.15, -0.1) is 12.4 Å². The second-order valence-electron chi connectivity index (χ2n) is 6.83. The second kappa shape index (κ2) is 10.6. The number of hydrogen-bond donors (Lipinski definition) is 2. The van der Waals surface area contributed by atoms with Gasteiger partial charge in [0.05, 0.1) is 13.2 Å². The summed E-state index contributed by atoms with van der Waals surface area (Å²) >= 11 is 0. The zero-order valence-corrected chi connectivity index (χ0v) is 16.2. The highest BCUT2D eigenvalue weighted by Gasteiger charge is 2.17. The number of aromatic nitrogens is 1. The lowest BCUT2D eigenvalue weighted by atomic mass is 10.1. The first-order valence-electron chi connectivity index (χ1n) is 8.78. The molecular formula is C18H30ClN3O3. The van der Waals surface area contributed by atoms with Crippen molar-refractivity contribution in [2.75, 3.05) is 26.3 Å². The summed E-state index contributed by atoms with van der Waals surface area (Å²) in [6.07, 6.45) is 3.48. The van der Waals surface area contributed by atoms with E-state index in [0.717, 1.165) is 31.6 Å². The van der Waals surface area contributed by atoms with Gasteiger partial charge in [-0.05, 0) is 37.3 Å². The Kier molecular flexibility index (Phi) is 9.17. The minimum Gasteiger partial charge on any atom is -0.379 e. The zero-order chi connectivity index (χ0) is 17.5. The van der Waals surface area contributed by atoms with Gasteiger partial charge in [-0.3, -0.25) is 9.59 Å². The second-order valence-corrected chi connectivity index (χ2v) is 6.83. The van der Waals surface area contributed by atoms with Crippen LogP contribution >= 0.6 is 12.4 Å². The number of morpholine rings is 1. The maximum absolute atomic E-state index is 12.6. The van der Waals surface area contributed by atoms with Gasteiger partial charge in [-0.2, -0.15) is 0 Å². The van der Waals surface area contributed by atoms with Crippen LogP contribution in [0.4, 0.5) is 0 Å². The number of carbonyl (C=O) groups is 1. The van der Waals surface area contributed by atoms with Crippen LogP contribution in [0.15, 0.2) is 17.1 Å². The molecule has 25 heavy (non-hydrogen) atoms. The van der Waals surface area contributed by atoms with Crippen LogP contribution < -0.4 is 16.2 Å². The Balaban J connectivity index is 0.00000312. The third-order valence-electron chi connectivity index (χ3n) is 4.32. The van der Waals surface area contributed by atoms with E-state index in [-0.39, 0.29) is 35.5 Å². The molecule has 1 aromatic heterocycles. The Morgan fingerprint density at radius 3 is 2.88 bits per heavy atom. The molecule has 1 atom stereocenters. The minimum absolute atomic E-state index is 0. The van der Waals surface area contributed by atoms with Crippen molar-refractivity contribution in [1.29, 1.82) is 0 Å². The van der Waals surface area contributed by atoms with Crippen LogP contribution in [0.3, 0.4) is 0 Å².